The van der Waals surface area contributed by atoms with Crippen LogP contribution in [0.1, 0.15) is 11.1 Å². The molecule has 4 aromatic carbocycles. The second-order valence-electron chi connectivity index (χ2n) is 7.90. The van der Waals surface area contributed by atoms with E-state index in [9.17, 15) is 23.4 Å². The maximum atomic E-state index is 13.0. The fourth-order valence-electron chi connectivity index (χ4n) is 3.74. The normalized spacial score (nSPS) is 11.7. The molecule has 178 valence electrons. The lowest BCUT2D eigenvalue weighted by molar-refractivity contribution is -0.111. The van der Waals surface area contributed by atoms with Crippen molar-refractivity contribution in [2.45, 2.75) is 11.3 Å². The van der Waals surface area contributed by atoms with Crippen molar-refractivity contribution >= 4 is 38.5 Å². The number of rotatable bonds is 8. The zero-order chi connectivity index (χ0) is 24.8. The summed E-state index contributed by atoms with van der Waals surface area (Å²) in [5.74, 6) is -0.690. The summed E-state index contributed by atoms with van der Waals surface area (Å²) < 4.78 is 28.7. The summed E-state index contributed by atoms with van der Waals surface area (Å²) in [6.07, 6.45) is 3.28. The number of phenolic OH excluding ortho intramolecular Hbond substituents is 2. The summed E-state index contributed by atoms with van der Waals surface area (Å²) in [5, 5.41) is 23.0. The highest BCUT2D eigenvalue weighted by Crippen LogP contribution is 2.29. The number of carbonyl (C=O) groups is 1. The number of aromatic hydroxyl groups is 2. The van der Waals surface area contributed by atoms with Gasteiger partial charge in [0.25, 0.3) is 0 Å². The van der Waals surface area contributed by atoms with Crippen molar-refractivity contribution in [3.8, 4) is 11.5 Å². The highest BCUT2D eigenvalue weighted by atomic mass is 32.2. The van der Waals surface area contributed by atoms with Crippen molar-refractivity contribution in [1.29, 1.82) is 0 Å². The Hall–Kier alpha value is -4.14. The molecule has 0 aliphatic carbocycles. The molecule has 1 amide bonds. The van der Waals surface area contributed by atoms with E-state index in [-0.39, 0.29) is 22.9 Å². The topological polar surface area (TPSA) is 116 Å². The molecule has 4 aromatic rings. The van der Waals surface area contributed by atoms with Gasteiger partial charge in [0.1, 0.15) is 11.5 Å². The highest BCUT2D eigenvalue weighted by Gasteiger charge is 2.18. The lowest BCUT2D eigenvalue weighted by atomic mass is 10.1. The Balaban J connectivity index is 1.53. The second-order valence-corrected chi connectivity index (χ2v) is 9.63. The molecule has 0 fully saturated rings. The number of hydrogen-bond acceptors (Lipinski definition) is 5. The van der Waals surface area contributed by atoms with Crippen LogP contribution in [0.15, 0.2) is 95.9 Å². The van der Waals surface area contributed by atoms with Gasteiger partial charge in [0.15, 0.2) is 0 Å². The first-order chi connectivity index (χ1) is 16.8. The minimum absolute atomic E-state index is 0.120. The zero-order valence-electron chi connectivity index (χ0n) is 18.7. The maximum Gasteiger partial charge on any atom is 0.248 e. The number of fused-ring (bicyclic) bond motifs is 1. The van der Waals surface area contributed by atoms with Gasteiger partial charge in [-0.05, 0) is 47.9 Å². The van der Waals surface area contributed by atoms with Crippen LogP contribution in [-0.4, -0.2) is 31.1 Å². The molecule has 0 aromatic heterocycles. The van der Waals surface area contributed by atoms with Crippen LogP contribution in [0.4, 0.5) is 5.69 Å². The van der Waals surface area contributed by atoms with E-state index in [1.165, 1.54) is 36.4 Å². The first-order valence-electron chi connectivity index (χ1n) is 10.9. The summed E-state index contributed by atoms with van der Waals surface area (Å²) in [7, 11) is -3.78. The summed E-state index contributed by atoms with van der Waals surface area (Å²) in [5.41, 5.74) is 1.94. The van der Waals surface area contributed by atoms with Gasteiger partial charge < -0.3 is 15.5 Å². The second kappa shape index (κ2) is 10.4. The average Bonchev–Trinajstić information content (AvgIpc) is 2.82. The van der Waals surface area contributed by atoms with E-state index in [2.05, 4.69) is 10.0 Å². The van der Waals surface area contributed by atoms with Gasteiger partial charge in [-0.2, -0.15) is 0 Å². The first kappa shape index (κ1) is 24.0. The standard InChI is InChI=1S/C27H24N2O5S/c30-21-16-20(17-22(31)18-21)12-13-27(32)29-25-10-4-9-24-23(25)8-5-11-26(24)35(33,34)28-15-14-19-6-2-1-3-7-19/h1-13,16-18,28,30-31H,14-15H2,(H,29,32). The SMILES string of the molecule is O=C(C=Cc1cc(O)cc(O)c1)Nc1cccc2c(S(=O)(=O)NCCc3ccccc3)cccc12. The first-order valence-corrected chi connectivity index (χ1v) is 12.4. The number of carbonyl (C=O) groups excluding carboxylic acids is 1. The van der Waals surface area contributed by atoms with Crippen LogP contribution in [-0.2, 0) is 21.2 Å². The van der Waals surface area contributed by atoms with Crippen molar-refractivity contribution in [3.63, 3.8) is 0 Å². The lowest BCUT2D eigenvalue weighted by Gasteiger charge is -2.12. The molecule has 7 nitrogen and oxygen atoms in total. The number of amides is 1. The number of nitrogens with one attached hydrogen (secondary N) is 2. The lowest BCUT2D eigenvalue weighted by Crippen LogP contribution is -2.26. The Morgan fingerprint density at radius 2 is 1.51 bits per heavy atom. The van der Waals surface area contributed by atoms with Crippen LogP contribution in [0.25, 0.3) is 16.8 Å². The molecule has 0 atom stereocenters. The van der Waals surface area contributed by atoms with Gasteiger partial charge in [0.05, 0.1) is 4.90 Å². The molecule has 0 spiro atoms. The molecule has 0 saturated carbocycles. The molecule has 0 unspecified atom stereocenters. The molecule has 4 N–H and O–H groups in total. The molecular formula is C27H24N2O5S. The molecule has 4 rings (SSSR count). The van der Waals surface area contributed by atoms with Gasteiger partial charge in [0, 0.05) is 35.1 Å². The molecule has 8 heteroatoms. The third-order valence-corrected chi connectivity index (χ3v) is 6.85. The molecule has 0 saturated heterocycles. The van der Waals surface area contributed by atoms with Crippen molar-refractivity contribution in [2.24, 2.45) is 0 Å². The molecule has 0 bridgehead atoms. The molecule has 0 heterocycles. The Kier molecular flexibility index (Phi) is 7.14. The summed E-state index contributed by atoms with van der Waals surface area (Å²) in [6.45, 7) is 0.258. The summed E-state index contributed by atoms with van der Waals surface area (Å²) in [4.78, 5) is 12.6. The van der Waals surface area contributed by atoms with E-state index in [1.807, 2.05) is 30.3 Å². The van der Waals surface area contributed by atoms with E-state index in [0.29, 0.717) is 28.4 Å². The fourth-order valence-corrected chi connectivity index (χ4v) is 4.99. The van der Waals surface area contributed by atoms with E-state index in [0.717, 1.165) is 5.56 Å². The quantitative estimate of drug-likeness (QED) is 0.274. The third kappa shape index (κ3) is 6.06. The minimum atomic E-state index is -3.78. The van der Waals surface area contributed by atoms with Crippen molar-refractivity contribution in [2.75, 3.05) is 11.9 Å². The van der Waals surface area contributed by atoms with Gasteiger partial charge in [-0.3, -0.25) is 4.79 Å². The van der Waals surface area contributed by atoms with Crippen LogP contribution in [0.5, 0.6) is 11.5 Å². The van der Waals surface area contributed by atoms with Crippen LogP contribution in [0, 0.1) is 0 Å². The van der Waals surface area contributed by atoms with Gasteiger partial charge in [0.2, 0.25) is 15.9 Å². The van der Waals surface area contributed by atoms with Gasteiger partial charge >= 0.3 is 0 Å². The smallest absolute Gasteiger partial charge is 0.248 e. The largest absolute Gasteiger partial charge is 0.508 e. The van der Waals surface area contributed by atoms with Gasteiger partial charge in [-0.15, -0.1) is 0 Å². The zero-order valence-corrected chi connectivity index (χ0v) is 19.5. The Labute approximate surface area is 203 Å². The van der Waals surface area contributed by atoms with E-state index in [4.69, 9.17) is 0 Å². The van der Waals surface area contributed by atoms with Gasteiger partial charge in [-0.25, -0.2) is 13.1 Å². The highest BCUT2D eigenvalue weighted by molar-refractivity contribution is 7.89. The van der Waals surface area contributed by atoms with E-state index >= 15 is 0 Å². The van der Waals surface area contributed by atoms with Crippen molar-refractivity contribution in [1.82, 2.24) is 4.72 Å². The predicted molar refractivity (Wildman–Crippen MR) is 137 cm³/mol. The minimum Gasteiger partial charge on any atom is -0.508 e. The molecule has 35 heavy (non-hydrogen) atoms. The number of sulfonamides is 1. The number of hydrogen-bond donors (Lipinski definition) is 4. The van der Waals surface area contributed by atoms with Crippen LogP contribution >= 0.6 is 0 Å². The molecule has 0 radical (unpaired) electrons. The van der Waals surface area contributed by atoms with Crippen LogP contribution < -0.4 is 10.0 Å². The maximum absolute atomic E-state index is 13.0. The predicted octanol–water partition coefficient (Wildman–Crippen LogP) is 4.42. The number of anilines is 1. The van der Waals surface area contributed by atoms with Crippen molar-refractivity contribution < 1.29 is 23.4 Å². The van der Waals surface area contributed by atoms with Crippen molar-refractivity contribution in [3.05, 3.63) is 102 Å². The molecular weight excluding hydrogens is 464 g/mol. The molecule has 0 aliphatic rings. The number of phenols is 2. The van der Waals surface area contributed by atoms with E-state index < -0.39 is 15.9 Å². The third-order valence-electron chi connectivity index (χ3n) is 5.33. The monoisotopic (exact) mass is 488 g/mol. The Morgan fingerprint density at radius 3 is 2.26 bits per heavy atom. The number of benzene rings is 4. The Morgan fingerprint density at radius 1 is 0.829 bits per heavy atom. The van der Waals surface area contributed by atoms with Crippen LogP contribution in [0.3, 0.4) is 0 Å². The molecule has 0 aliphatic heterocycles. The fraction of sp³-hybridized carbons (Fsp3) is 0.0741. The van der Waals surface area contributed by atoms with Crippen LogP contribution in [0.2, 0.25) is 0 Å². The average molecular weight is 489 g/mol. The Bertz CT molecular complexity index is 1480. The summed E-state index contributed by atoms with van der Waals surface area (Å²) >= 11 is 0. The van der Waals surface area contributed by atoms with E-state index in [1.54, 1.807) is 30.3 Å². The van der Waals surface area contributed by atoms with Gasteiger partial charge in [-0.1, -0.05) is 54.6 Å². The summed E-state index contributed by atoms with van der Waals surface area (Å²) in [6, 6.07) is 23.6.